The fraction of sp³-hybridized carbons (Fsp3) is 0.632. The van der Waals surface area contributed by atoms with Gasteiger partial charge in [-0.3, -0.25) is 4.79 Å². The summed E-state index contributed by atoms with van der Waals surface area (Å²) in [4.78, 5) is 12.6. The number of rotatable bonds is 5. The molecule has 2 fully saturated rings. The lowest BCUT2D eigenvalue weighted by molar-refractivity contribution is -0.122. The first-order chi connectivity index (χ1) is 11.7. The largest absolute Gasteiger partial charge is 0.381 e. The van der Waals surface area contributed by atoms with E-state index in [1.807, 2.05) is 23.9 Å². The summed E-state index contributed by atoms with van der Waals surface area (Å²) < 4.78 is 5.41. The number of hydrogen-bond donors (Lipinski definition) is 2. The number of carbonyl (C=O) groups is 1. The van der Waals surface area contributed by atoms with Gasteiger partial charge in [-0.2, -0.15) is 11.8 Å². The second-order valence-electron chi connectivity index (χ2n) is 6.99. The lowest BCUT2D eigenvalue weighted by Gasteiger charge is -2.31. The Morgan fingerprint density at radius 3 is 2.68 bits per heavy atom. The summed E-state index contributed by atoms with van der Waals surface area (Å²) >= 11 is 1.99. The predicted molar refractivity (Wildman–Crippen MR) is 107 cm³/mol. The van der Waals surface area contributed by atoms with Crippen molar-refractivity contribution in [1.29, 1.82) is 0 Å². The van der Waals surface area contributed by atoms with Crippen LogP contribution < -0.4 is 11.1 Å². The number of anilines is 1. The second-order valence-corrected chi connectivity index (χ2v) is 8.28. The molecule has 25 heavy (non-hydrogen) atoms. The maximum atomic E-state index is 12.6. The van der Waals surface area contributed by atoms with Crippen LogP contribution in [-0.4, -0.2) is 29.9 Å². The summed E-state index contributed by atoms with van der Waals surface area (Å²) in [6.07, 6.45) is 7.13. The van der Waals surface area contributed by atoms with E-state index in [-0.39, 0.29) is 18.3 Å². The van der Waals surface area contributed by atoms with Crippen LogP contribution >= 0.6 is 24.2 Å². The van der Waals surface area contributed by atoms with Crippen molar-refractivity contribution in [3.8, 4) is 0 Å². The molecule has 1 saturated heterocycles. The van der Waals surface area contributed by atoms with Crippen molar-refractivity contribution in [1.82, 2.24) is 0 Å². The van der Waals surface area contributed by atoms with Gasteiger partial charge in [0.1, 0.15) is 0 Å². The summed E-state index contributed by atoms with van der Waals surface area (Å²) in [6, 6.07) is 8.17. The number of hydrogen-bond acceptors (Lipinski definition) is 4. The summed E-state index contributed by atoms with van der Waals surface area (Å²) in [5.74, 6) is 0.943. The molecular weight excluding hydrogens is 356 g/mol. The van der Waals surface area contributed by atoms with Gasteiger partial charge >= 0.3 is 0 Å². The second kappa shape index (κ2) is 9.81. The Labute approximate surface area is 161 Å². The first kappa shape index (κ1) is 20.6. The molecule has 6 heteroatoms. The van der Waals surface area contributed by atoms with Crippen molar-refractivity contribution in [2.24, 2.45) is 5.73 Å². The van der Waals surface area contributed by atoms with E-state index in [0.717, 1.165) is 63.2 Å². The highest BCUT2D eigenvalue weighted by Crippen LogP contribution is 2.29. The number of nitrogens with two attached hydrogens (primary N) is 1. The van der Waals surface area contributed by atoms with Gasteiger partial charge in [-0.05, 0) is 43.4 Å². The molecule has 1 aromatic rings. The normalized spacial score (nSPS) is 20.5. The first-order valence-electron chi connectivity index (χ1n) is 9.04. The van der Waals surface area contributed by atoms with Gasteiger partial charge in [0.25, 0.3) is 0 Å². The molecule has 3 N–H and O–H groups in total. The van der Waals surface area contributed by atoms with E-state index >= 15 is 0 Å². The van der Waals surface area contributed by atoms with Gasteiger partial charge in [0.15, 0.2) is 0 Å². The monoisotopic (exact) mass is 384 g/mol. The third-order valence-electron chi connectivity index (χ3n) is 5.04. The van der Waals surface area contributed by atoms with Crippen LogP contribution in [0.2, 0.25) is 0 Å². The summed E-state index contributed by atoms with van der Waals surface area (Å²) in [5.41, 5.74) is 7.74. The minimum absolute atomic E-state index is 0. The van der Waals surface area contributed by atoms with Gasteiger partial charge in [-0.25, -0.2) is 0 Å². The quantitative estimate of drug-likeness (QED) is 0.801. The highest BCUT2D eigenvalue weighted by atomic mass is 35.5. The fourth-order valence-corrected chi connectivity index (χ4v) is 4.59. The van der Waals surface area contributed by atoms with E-state index in [9.17, 15) is 4.79 Å². The van der Waals surface area contributed by atoms with Crippen LogP contribution in [0.4, 0.5) is 5.69 Å². The smallest absolute Gasteiger partial charge is 0.244 e. The minimum Gasteiger partial charge on any atom is -0.381 e. The Morgan fingerprint density at radius 1 is 1.24 bits per heavy atom. The molecule has 1 heterocycles. The minimum atomic E-state index is -0.689. The van der Waals surface area contributed by atoms with Crippen molar-refractivity contribution in [2.75, 3.05) is 18.5 Å². The van der Waals surface area contributed by atoms with Crippen molar-refractivity contribution in [3.05, 3.63) is 29.8 Å². The van der Waals surface area contributed by atoms with Crippen LogP contribution in [0, 0.1) is 0 Å². The van der Waals surface area contributed by atoms with Gasteiger partial charge in [0.2, 0.25) is 5.91 Å². The maximum Gasteiger partial charge on any atom is 0.244 e. The lowest BCUT2D eigenvalue weighted by atomic mass is 9.82. The highest BCUT2D eigenvalue weighted by molar-refractivity contribution is 7.99. The number of nitrogens with one attached hydrogen (secondary N) is 1. The predicted octanol–water partition coefficient (Wildman–Crippen LogP) is 4.12. The molecule has 1 amide bonds. The number of carbonyl (C=O) groups excluding carboxylic acids is 1. The highest BCUT2D eigenvalue weighted by Gasteiger charge is 2.35. The van der Waals surface area contributed by atoms with Gasteiger partial charge in [-0.1, -0.05) is 31.4 Å². The van der Waals surface area contributed by atoms with E-state index in [2.05, 4.69) is 17.4 Å². The molecule has 0 radical (unpaired) electrons. The molecule has 140 valence electrons. The average molecular weight is 385 g/mol. The molecule has 4 nitrogen and oxygen atoms in total. The molecule has 0 bridgehead atoms. The number of thioether (sulfide) groups is 1. The zero-order valence-electron chi connectivity index (χ0n) is 14.7. The van der Waals surface area contributed by atoms with E-state index in [1.54, 1.807) is 0 Å². The Hall–Kier alpha value is -0.750. The van der Waals surface area contributed by atoms with Gasteiger partial charge < -0.3 is 15.8 Å². The number of amides is 1. The van der Waals surface area contributed by atoms with E-state index in [1.165, 1.54) is 12.0 Å². The molecule has 0 spiro atoms. The third-order valence-corrected chi connectivity index (χ3v) is 6.48. The van der Waals surface area contributed by atoms with Crippen LogP contribution in [0.5, 0.6) is 0 Å². The fourth-order valence-electron chi connectivity index (χ4n) is 3.46. The molecule has 1 aromatic carbocycles. The molecule has 0 unspecified atom stereocenters. The number of benzene rings is 1. The number of ether oxygens (including phenoxy) is 1. The number of halogens is 1. The molecule has 2 aliphatic rings. The van der Waals surface area contributed by atoms with Crippen LogP contribution in [0.25, 0.3) is 0 Å². The maximum absolute atomic E-state index is 12.6. The van der Waals surface area contributed by atoms with Crippen LogP contribution in [0.15, 0.2) is 24.3 Å². The van der Waals surface area contributed by atoms with E-state index in [4.69, 9.17) is 10.5 Å². The SMILES string of the molecule is Cl.NC1(C(=O)Nc2cccc(CSC3CCOCC3)c2)CCCCC1. The van der Waals surface area contributed by atoms with Crippen molar-refractivity contribution in [2.45, 2.75) is 61.5 Å². The Balaban J connectivity index is 0.00000225. The molecule has 1 aliphatic heterocycles. The summed E-state index contributed by atoms with van der Waals surface area (Å²) in [5, 5.41) is 3.72. The molecular formula is C19H29ClN2O2S. The Bertz CT molecular complexity index is 558. The molecule has 3 rings (SSSR count). The first-order valence-corrected chi connectivity index (χ1v) is 10.1. The standard InChI is InChI=1S/C19H28N2O2S.ClH/c20-19(9-2-1-3-10-19)18(22)21-16-6-4-5-15(13-16)14-24-17-7-11-23-12-8-17;/h4-6,13,17H,1-3,7-12,14,20H2,(H,21,22);1H. The summed E-state index contributed by atoms with van der Waals surface area (Å²) in [7, 11) is 0. The van der Waals surface area contributed by atoms with Gasteiger partial charge in [-0.15, -0.1) is 12.4 Å². The van der Waals surface area contributed by atoms with E-state index < -0.39 is 5.54 Å². The van der Waals surface area contributed by atoms with Crippen molar-refractivity contribution >= 4 is 35.8 Å². The van der Waals surface area contributed by atoms with Crippen LogP contribution in [-0.2, 0) is 15.3 Å². The van der Waals surface area contributed by atoms with E-state index in [0.29, 0.717) is 5.25 Å². The van der Waals surface area contributed by atoms with Crippen molar-refractivity contribution in [3.63, 3.8) is 0 Å². The summed E-state index contributed by atoms with van der Waals surface area (Å²) in [6.45, 7) is 1.76. The Kier molecular flexibility index (Phi) is 8.07. The lowest BCUT2D eigenvalue weighted by Crippen LogP contribution is -2.52. The van der Waals surface area contributed by atoms with Crippen LogP contribution in [0.1, 0.15) is 50.5 Å². The topological polar surface area (TPSA) is 64.4 Å². The molecule has 0 atom stereocenters. The van der Waals surface area contributed by atoms with Crippen LogP contribution in [0.3, 0.4) is 0 Å². The van der Waals surface area contributed by atoms with Crippen molar-refractivity contribution < 1.29 is 9.53 Å². The zero-order chi connectivity index (χ0) is 16.8. The third kappa shape index (κ3) is 5.88. The Morgan fingerprint density at radius 2 is 1.96 bits per heavy atom. The molecule has 1 saturated carbocycles. The zero-order valence-corrected chi connectivity index (χ0v) is 16.3. The average Bonchev–Trinajstić information content (AvgIpc) is 2.62. The molecule has 1 aliphatic carbocycles. The van der Waals surface area contributed by atoms with Gasteiger partial charge in [0, 0.05) is 29.9 Å². The molecule has 0 aromatic heterocycles. The van der Waals surface area contributed by atoms with Gasteiger partial charge in [0.05, 0.1) is 5.54 Å².